The fourth-order valence-corrected chi connectivity index (χ4v) is 4.93. The van der Waals surface area contributed by atoms with E-state index in [4.69, 9.17) is 14.5 Å². The minimum absolute atomic E-state index is 0.496. The number of aromatic nitrogens is 4. The summed E-state index contributed by atoms with van der Waals surface area (Å²) in [5, 5.41) is 4.82. The molecule has 5 nitrogen and oxygen atoms in total. The molecule has 0 aliphatic rings. The molecule has 0 aromatic carbocycles. The van der Waals surface area contributed by atoms with Gasteiger partial charge in [-0.15, -0.1) is 11.3 Å². The highest BCUT2D eigenvalue weighted by atomic mass is 32.1. The first kappa shape index (κ1) is 17.9. The summed E-state index contributed by atoms with van der Waals surface area (Å²) in [5.74, 6) is 1.15. The van der Waals surface area contributed by atoms with Crippen molar-refractivity contribution in [2.75, 3.05) is 0 Å². The molecule has 0 unspecified atom stereocenters. The molecule has 140 valence electrons. The summed E-state index contributed by atoms with van der Waals surface area (Å²) in [6, 6.07) is 4.32. The van der Waals surface area contributed by atoms with E-state index >= 15 is 0 Å². The van der Waals surface area contributed by atoms with Crippen molar-refractivity contribution in [2.24, 2.45) is 0 Å². The first-order chi connectivity index (χ1) is 13.0. The molecule has 4 heterocycles. The lowest BCUT2D eigenvalue weighted by atomic mass is 9.95. The van der Waals surface area contributed by atoms with Crippen molar-refractivity contribution >= 4 is 17.0 Å². The summed E-state index contributed by atoms with van der Waals surface area (Å²) in [4.78, 5) is 11.4. The molecule has 0 aliphatic heterocycles. The van der Waals surface area contributed by atoms with Gasteiger partial charge in [0, 0.05) is 5.56 Å². The van der Waals surface area contributed by atoms with Gasteiger partial charge in [-0.25, -0.2) is 14.5 Å². The minimum atomic E-state index is 0.496. The zero-order chi connectivity index (χ0) is 19.1. The number of aryl methyl sites for hydroxylation is 3. The maximum absolute atomic E-state index is 5.48. The average Bonchev–Trinajstić information content (AvgIpc) is 3.35. The minimum Gasteiger partial charge on any atom is -0.444 e. The monoisotopic (exact) mass is 380 g/mol. The van der Waals surface area contributed by atoms with Crippen LogP contribution in [0.2, 0.25) is 0 Å². The molecule has 0 bridgehead atoms. The molecule has 0 saturated heterocycles. The molecular formula is C21H24N4OS. The van der Waals surface area contributed by atoms with Gasteiger partial charge in [0.2, 0.25) is 5.89 Å². The van der Waals surface area contributed by atoms with Gasteiger partial charge < -0.3 is 4.42 Å². The van der Waals surface area contributed by atoms with Crippen LogP contribution in [0.4, 0.5) is 0 Å². The Morgan fingerprint density at radius 1 is 1.15 bits per heavy atom. The van der Waals surface area contributed by atoms with Gasteiger partial charge in [0.05, 0.1) is 27.3 Å². The van der Waals surface area contributed by atoms with Crippen molar-refractivity contribution in [2.45, 2.75) is 53.4 Å². The summed E-state index contributed by atoms with van der Waals surface area (Å²) in [6.45, 7) is 10.7. The lowest BCUT2D eigenvalue weighted by Gasteiger charge is -2.14. The van der Waals surface area contributed by atoms with E-state index in [0.29, 0.717) is 11.8 Å². The van der Waals surface area contributed by atoms with Gasteiger partial charge in [-0.05, 0) is 57.2 Å². The van der Waals surface area contributed by atoms with Crippen LogP contribution in [-0.4, -0.2) is 19.6 Å². The number of nitrogens with zero attached hydrogens (tertiary/aromatic N) is 4. The Labute approximate surface area is 163 Å². The third-order valence-corrected chi connectivity index (χ3v) is 6.34. The van der Waals surface area contributed by atoms with Crippen LogP contribution in [0.3, 0.4) is 0 Å². The van der Waals surface area contributed by atoms with Crippen LogP contribution >= 0.6 is 11.3 Å². The largest absolute Gasteiger partial charge is 0.444 e. The Balaban J connectivity index is 1.95. The summed E-state index contributed by atoms with van der Waals surface area (Å²) >= 11 is 1.68. The highest BCUT2D eigenvalue weighted by Gasteiger charge is 2.22. The summed E-state index contributed by atoms with van der Waals surface area (Å²) in [7, 11) is 0. The van der Waals surface area contributed by atoms with E-state index < -0.39 is 0 Å². The smallest absolute Gasteiger partial charge is 0.236 e. The first-order valence-electron chi connectivity index (χ1n) is 9.41. The molecule has 0 N–H and O–H groups in total. The topological polar surface area (TPSA) is 56.2 Å². The molecule has 0 saturated carbocycles. The van der Waals surface area contributed by atoms with Gasteiger partial charge in [-0.1, -0.05) is 13.8 Å². The van der Waals surface area contributed by atoms with Gasteiger partial charge in [-0.3, -0.25) is 0 Å². The van der Waals surface area contributed by atoms with E-state index in [0.717, 1.165) is 40.4 Å². The standard InChI is InChI=1S/C21H24N4OS/c1-6-15(7-2)16-11-13(4)24-25-18(14(5)23-20(16)25)19-12(3)10-17(27-19)21-22-8-9-26-21/h8-11,15H,6-7H2,1-5H3. The highest BCUT2D eigenvalue weighted by molar-refractivity contribution is 7.18. The van der Waals surface area contributed by atoms with E-state index in [1.807, 2.05) is 4.52 Å². The van der Waals surface area contributed by atoms with Crippen LogP contribution in [-0.2, 0) is 0 Å². The second-order valence-electron chi connectivity index (χ2n) is 7.00. The van der Waals surface area contributed by atoms with E-state index in [9.17, 15) is 0 Å². The van der Waals surface area contributed by atoms with E-state index in [1.54, 1.807) is 23.8 Å². The van der Waals surface area contributed by atoms with E-state index in [-0.39, 0.29) is 0 Å². The number of hydrogen-bond acceptors (Lipinski definition) is 5. The Kier molecular flexibility index (Phi) is 4.60. The first-order valence-corrected chi connectivity index (χ1v) is 10.2. The molecule has 0 aliphatic carbocycles. The highest BCUT2D eigenvalue weighted by Crippen LogP contribution is 2.39. The fourth-order valence-electron chi connectivity index (χ4n) is 3.74. The Morgan fingerprint density at radius 3 is 2.59 bits per heavy atom. The fraction of sp³-hybridized carbons (Fsp3) is 0.381. The SMILES string of the molecule is CCC(CC)c1cc(C)nn2c(-c3sc(-c4ncco4)cc3C)c(C)nc12. The number of rotatable bonds is 5. The van der Waals surface area contributed by atoms with Crippen molar-refractivity contribution in [1.82, 2.24) is 19.6 Å². The van der Waals surface area contributed by atoms with Crippen LogP contribution in [0.5, 0.6) is 0 Å². The number of oxazole rings is 1. The summed E-state index contributed by atoms with van der Waals surface area (Å²) in [6.07, 6.45) is 5.49. The summed E-state index contributed by atoms with van der Waals surface area (Å²) < 4.78 is 7.52. The molecule has 4 aromatic rings. The number of fused-ring (bicyclic) bond motifs is 1. The second-order valence-corrected chi connectivity index (χ2v) is 8.05. The molecule has 0 fully saturated rings. The average molecular weight is 381 g/mol. The zero-order valence-corrected chi connectivity index (χ0v) is 17.2. The third-order valence-electron chi connectivity index (χ3n) is 5.11. The van der Waals surface area contributed by atoms with Crippen molar-refractivity contribution in [3.05, 3.63) is 47.1 Å². The molecule has 6 heteroatoms. The molecule has 4 rings (SSSR count). The van der Waals surface area contributed by atoms with Gasteiger partial charge in [-0.2, -0.15) is 5.10 Å². The van der Waals surface area contributed by atoms with Gasteiger partial charge >= 0.3 is 0 Å². The maximum Gasteiger partial charge on any atom is 0.236 e. The molecule has 0 radical (unpaired) electrons. The van der Waals surface area contributed by atoms with Crippen molar-refractivity contribution < 1.29 is 4.42 Å². The molecule has 4 aromatic heterocycles. The lowest BCUT2D eigenvalue weighted by Crippen LogP contribution is -2.05. The van der Waals surface area contributed by atoms with Crippen molar-refractivity contribution in [3.63, 3.8) is 0 Å². The second kappa shape index (κ2) is 6.93. The predicted molar refractivity (Wildman–Crippen MR) is 109 cm³/mol. The Bertz CT molecular complexity index is 1090. The van der Waals surface area contributed by atoms with Crippen LogP contribution in [0, 0.1) is 20.8 Å². The molecule has 0 amide bonds. The zero-order valence-electron chi connectivity index (χ0n) is 16.4. The summed E-state index contributed by atoms with van der Waals surface area (Å²) in [5.41, 5.74) is 6.55. The quantitative estimate of drug-likeness (QED) is 0.430. The lowest BCUT2D eigenvalue weighted by molar-refractivity contribution is 0.576. The molecule has 0 atom stereocenters. The maximum atomic E-state index is 5.48. The van der Waals surface area contributed by atoms with Crippen LogP contribution in [0.15, 0.2) is 29.0 Å². The van der Waals surface area contributed by atoms with Gasteiger partial charge in [0.1, 0.15) is 12.0 Å². The van der Waals surface area contributed by atoms with Crippen LogP contribution < -0.4 is 0 Å². The Hall–Kier alpha value is -2.47. The molecular weight excluding hydrogens is 356 g/mol. The van der Waals surface area contributed by atoms with Crippen LogP contribution in [0.1, 0.15) is 55.1 Å². The van der Waals surface area contributed by atoms with Crippen molar-refractivity contribution in [1.29, 1.82) is 0 Å². The molecule has 27 heavy (non-hydrogen) atoms. The number of hydrogen-bond donors (Lipinski definition) is 0. The Morgan fingerprint density at radius 2 is 1.93 bits per heavy atom. The number of imidazole rings is 1. The predicted octanol–water partition coefficient (Wildman–Crippen LogP) is 5.94. The van der Waals surface area contributed by atoms with E-state index in [1.165, 1.54) is 16.0 Å². The number of thiophene rings is 1. The molecule has 0 spiro atoms. The van der Waals surface area contributed by atoms with Crippen LogP contribution in [0.25, 0.3) is 27.0 Å². The van der Waals surface area contributed by atoms with Gasteiger partial charge in [0.25, 0.3) is 0 Å². The normalized spacial score (nSPS) is 11.8. The van der Waals surface area contributed by atoms with Crippen molar-refractivity contribution in [3.8, 4) is 21.3 Å². The van der Waals surface area contributed by atoms with E-state index in [2.05, 4.69) is 51.7 Å². The van der Waals surface area contributed by atoms with Gasteiger partial charge in [0.15, 0.2) is 5.65 Å². The third kappa shape index (κ3) is 2.98.